The Bertz CT molecular complexity index is 555. The van der Waals surface area contributed by atoms with Gasteiger partial charge in [0.2, 0.25) is 5.79 Å². The van der Waals surface area contributed by atoms with E-state index in [2.05, 4.69) is 23.7 Å². The van der Waals surface area contributed by atoms with Gasteiger partial charge in [-0.1, -0.05) is 11.8 Å². The van der Waals surface area contributed by atoms with Crippen molar-refractivity contribution >= 4 is 5.97 Å². The Morgan fingerprint density at radius 1 is 1.55 bits per heavy atom. The molecule has 0 radical (unpaired) electrons. The SMILES string of the molecule is CC#CC#C/C=C1/C=C[C@@]2(CC[C@@H](OC(C)=O)CO2)O1. The minimum absolute atomic E-state index is 0.192. The number of esters is 1. The maximum Gasteiger partial charge on any atom is 0.302 e. The number of ether oxygens (including phenoxy) is 3. The summed E-state index contributed by atoms with van der Waals surface area (Å²) in [5.41, 5.74) is 0. The number of carbonyl (C=O) groups excluding carboxylic acids is 1. The standard InChI is InChI=1S/C16H16O4/c1-3-4-5-6-7-14-8-10-16(20-14)11-9-15(12-18-16)19-13(2)17/h7-8,10,15H,9,11-12H2,1-2H3/b14-7-/t15-,16+/m1/s1. The highest BCUT2D eigenvalue weighted by molar-refractivity contribution is 5.66. The van der Waals surface area contributed by atoms with Gasteiger partial charge in [-0.3, -0.25) is 4.79 Å². The van der Waals surface area contributed by atoms with Gasteiger partial charge in [0.1, 0.15) is 11.9 Å². The average molecular weight is 272 g/mol. The van der Waals surface area contributed by atoms with Gasteiger partial charge >= 0.3 is 5.97 Å². The second-order valence-electron chi connectivity index (χ2n) is 4.52. The van der Waals surface area contributed by atoms with Crippen LogP contribution >= 0.6 is 0 Å². The zero-order chi connectivity index (χ0) is 14.4. The summed E-state index contributed by atoms with van der Waals surface area (Å²) in [6.45, 7) is 3.47. The van der Waals surface area contributed by atoms with Gasteiger partial charge in [-0.05, 0) is 37.3 Å². The summed E-state index contributed by atoms with van der Waals surface area (Å²) in [5.74, 6) is 10.5. The highest BCUT2D eigenvalue weighted by Crippen LogP contribution is 2.35. The summed E-state index contributed by atoms with van der Waals surface area (Å²) in [7, 11) is 0. The van der Waals surface area contributed by atoms with Crippen LogP contribution in [0.4, 0.5) is 0 Å². The smallest absolute Gasteiger partial charge is 0.302 e. The summed E-state index contributed by atoms with van der Waals surface area (Å²) >= 11 is 0. The van der Waals surface area contributed by atoms with Crippen molar-refractivity contribution in [3.63, 3.8) is 0 Å². The van der Waals surface area contributed by atoms with Crippen molar-refractivity contribution in [2.45, 2.75) is 38.6 Å². The number of hydrogen-bond acceptors (Lipinski definition) is 4. The number of allylic oxidation sites excluding steroid dienone is 2. The van der Waals surface area contributed by atoms with Crippen LogP contribution in [0.1, 0.15) is 26.7 Å². The first-order valence-electron chi connectivity index (χ1n) is 6.45. The lowest BCUT2D eigenvalue weighted by molar-refractivity contribution is -0.220. The predicted molar refractivity (Wildman–Crippen MR) is 73.0 cm³/mol. The topological polar surface area (TPSA) is 44.8 Å². The summed E-state index contributed by atoms with van der Waals surface area (Å²) in [4.78, 5) is 10.9. The van der Waals surface area contributed by atoms with Crippen molar-refractivity contribution in [1.82, 2.24) is 0 Å². The van der Waals surface area contributed by atoms with Crippen molar-refractivity contribution in [2.24, 2.45) is 0 Å². The lowest BCUT2D eigenvalue weighted by Crippen LogP contribution is -2.41. The van der Waals surface area contributed by atoms with Crippen LogP contribution in [0.3, 0.4) is 0 Å². The minimum atomic E-state index is -0.736. The van der Waals surface area contributed by atoms with E-state index in [9.17, 15) is 4.79 Å². The highest BCUT2D eigenvalue weighted by Gasteiger charge is 2.40. The zero-order valence-corrected chi connectivity index (χ0v) is 11.6. The molecule has 1 fully saturated rings. The number of rotatable bonds is 1. The molecule has 2 atom stereocenters. The molecule has 0 saturated carbocycles. The predicted octanol–water partition coefficient (Wildman–Crippen LogP) is 1.92. The fourth-order valence-electron chi connectivity index (χ4n) is 2.05. The van der Waals surface area contributed by atoms with Gasteiger partial charge in [0.15, 0.2) is 0 Å². The monoisotopic (exact) mass is 272 g/mol. The van der Waals surface area contributed by atoms with E-state index in [0.717, 1.165) is 0 Å². The maximum atomic E-state index is 10.9. The Morgan fingerprint density at radius 3 is 3.05 bits per heavy atom. The molecule has 0 N–H and O–H groups in total. The lowest BCUT2D eigenvalue weighted by Gasteiger charge is -2.35. The molecule has 4 nitrogen and oxygen atoms in total. The van der Waals surface area contributed by atoms with Crippen LogP contribution in [0.25, 0.3) is 0 Å². The van der Waals surface area contributed by atoms with E-state index in [4.69, 9.17) is 14.2 Å². The molecule has 0 aromatic rings. The van der Waals surface area contributed by atoms with Crippen LogP contribution in [0.2, 0.25) is 0 Å². The van der Waals surface area contributed by atoms with Crippen LogP contribution < -0.4 is 0 Å². The first-order chi connectivity index (χ1) is 9.63. The van der Waals surface area contributed by atoms with Crippen LogP contribution in [-0.4, -0.2) is 24.5 Å². The molecule has 1 spiro atoms. The third kappa shape index (κ3) is 3.66. The van der Waals surface area contributed by atoms with Gasteiger partial charge in [-0.15, -0.1) is 0 Å². The molecule has 0 aliphatic carbocycles. The molecule has 2 heterocycles. The molecule has 20 heavy (non-hydrogen) atoms. The lowest BCUT2D eigenvalue weighted by atomic mass is 10.0. The summed E-state index contributed by atoms with van der Waals surface area (Å²) in [6, 6.07) is 0. The number of hydrogen-bond donors (Lipinski definition) is 0. The van der Waals surface area contributed by atoms with Crippen LogP contribution in [0.15, 0.2) is 24.0 Å². The fourth-order valence-corrected chi connectivity index (χ4v) is 2.05. The van der Waals surface area contributed by atoms with Crippen molar-refractivity contribution < 1.29 is 19.0 Å². The molecule has 104 valence electrons. The second-order valence-corrected chi connectivity index (χ2v) is 4.52. The second kappa shape index (κ2) is 6.32. The summed E-state index contributed by atoms with van der Waals surface area (Å²) < 4.78 is 16.6. The molecule has 0 aromatic heterocycles. The van der Waals surface area contributed by atoms with Crippen molar-refractivity contribution in [1.29, 1.82) is 0 Å². The van der Waals surface area contributed by atoms with Gasteiger partial charge < -0.3 is 14.2 Å². The molecule has 4 heteroatoms. The fraction of sp³-hybridized carbons (Fsp3) is 0.438. The van der Waals surface area contributed by atoms with E-state index >= 15 is 0 Å². The molecule has 0 amide bonds. The van der Waals surface area contributed by atoms with Gasteiger partial charge in [0, 0.05) is 19.4 Å². The molecule has 0 aromatic carbocycles. The van der Waals surface area contributed by atoms with E-state index in [1.807, 2.05) is 12.2 Å². The van der Waals surface area contributed by atoms with E-state index in [0.29, 0.717) is 25.2 Å². The van der Waals surface area contributed by atoms with Crippen LogP contribution in [0.5, 0.6) is 0 Å². The van der Waals surface area contributed by atoms with E-state index in [-0.39, 0.29) is 12.1 Å². The highest BCUT2D eigenvalue weighted by atomic mass is 16.7. The first-order valence-corrected chi connectivity index (χ1v) is 6.45. The van der Waals surface area contributed by atoms with Crippen molar-refractivity contribution in [3.05, 3.63) is 24.0 Å². The zero-order valence-electron chi connectivity index (χ0n) is 11.6. The maximum absolute atomic E-state index is 10.9. The third-order valence-corrected chi connectivity index (χ3v) is 2.93. The van der Waals surface area contributed by atoms with Gasteiger partial charge in [-0.25, -0.2) is 0 Å². The minimum Gasteiger partial charge on any atom is -0.460 e. The Hall–Kier alpha value is -2.17. The van der Waals surface area contributed by atoms with Crippen LogP contribution in [-0.2, 0) is 19.0 Å². The van der Waals surface area contributed by atoms with Gasteiger partial charge in [0.25, 0.3) is 0 Å². The number of carbonyl (C=O) groups is 1. The molecule has 1 saturated heterocycles. The van der Waals surface area contributed by atoms with E-state index in [1.54, 1.807) is 13.0 Å². The molecule has 0 bridgehead atoms. The van der Waals surface area contributed by atoms with E-state index < -0.39 is 5.79 Å². The van der Waals surface area contributed by atoms with E-state index in [1.165, 1.54) is 6.92 Å². The van der Waals surface area contributed by atoms with Crippen molar-refractivity contribution in [2.75, 3.05) is 6.61 Å². The quantitative estimate of drug-likeness (QED) is 0.540. The first kappa shape index (κ1) is 14.2. The van der Waals surface area contributed by atoms with Crippen molar-refractivity contribution in [3.8, 4) is 23.7 Å². The molecular weight excluding hydrogens is 256 g/mol. The largest absolute Gasteiger partial charge is 0.460 e. The molecule has 0 unspecified atom stereocenters. The Morgan fingerprint density at radius 2 is 2.40 bits per heavy atom. The Balaban J connectivity index is 1.90. The summed E-state index contributed by atoms with van der Waals surface area (Å²) in [6.07, 6.45) is 6.53. The molecule has 2 aliphatic heterocycles. The summed E-state index contributed by atoms with van der Waals surface area (Å²) in [5, 5.41) is 0. The van der Waals surface area contributed by atoms with Gasteiger partial charge in [0.05, 0.1) is 6.61 Å². The van der Waals surface area contributed by atoms with Gasteiger partial charge in [-0.2, -0.15) is 0 Å². The third-order valence-electron chi connectivity index (χ3n) is 2.93. The molecular formula is C16H16O4. The Labute approximate surface area is 118 Å². The normalized spacial score (nSPS) is 29.1. The average Bonchev–Trinajstić information content (AvgIpc) is 2.81. The van der Waals surface area contributed by atoms with Crippen LogP contribution in [0, 0.1) is 23.7 Å². The molecule has 2 rings (SSSR count). The Kier molecular flexibility index (Phi) is 4.50. The molecule has 2 aliphatic rings.